The highest BCUT2D eigenvalue weighted by Gasteiger charge is 2.13. The van der Waals surface area contributed by atoms with Gasteiger partial charge in [-0.05, 0) is 35.4 Å². The summed E-state index contributed by atoms with van der Waals surface area (Å²) in [6, 6.07) is 12.2. The molecule has 7 heteroatoms. The van der Waals surface area contributed by atoms with Crippen molar-refractivity contribution in [3.63, 3.8) is 0 Å². The van der Waals surface area contributed by atoms with Gasteiger partial charge in [0.05, 0.1) is 12.1 Å². The second-order valence-corrected chi connectivity index (χ2v) is 5.31. The van der Waals surface area contributed by atoms with E-state index in [9.17, 15) is 14.0 Å². The summed E-state index contributed by atoms with van der Waals surface area (Å²) in [5, 5.41) is 17.8. The van der Waals surface area contributed by atoms with Crippen molar-refractivity contribution in [1.82, 2.24) is 10.4 Å². The zero-order chi connectivity index (χ0) is 17.5. The SMILES string of the molecule is O=C(CN(Cc1ccc(F)cc1)Cc1cccc(C(=O)O)c1)NO. The third kappa shape index (κ3) is 5.15. The number of aromatic carboxylic acids is 1. The topological polar surface area (TPSA) is 89.9 Å². The number of hydrogen-bond acceptors (Lipinski definition) is 4. The second kappa shape index (κ2) is 8.19. The number of rotatable bonds is 7. The standard InChI is InChI=1S/C17H17FN2O4/c18-15-6-4-12(5-7-15)9-20(11-16(21)19-24)10-13-2-1-3-14(8-13)17(22)23/h1-8,24H,9-11H2,(H,19,21)(H,22,23). The van der Waals surface area contributed by atoms with E-state index in [1.54, 1.807) is 34.6 Å². The predicted molar refractivity (Wildman–Crippen MR) is 83.8 cm³/mol. The first-order valence-corrected chi connectivity index (χ1v) is 7.20. The molecular weight excluding hydrogens is 315 g/mol. The molecule has 2 rings (SSSR count). The van der Waals surface area contributed by atoms with Gasteiger partial charge in [-0.15, -0.1) is 0 Å². The highest BCUT2D eigenvalue weighted by molar-refractivity contribution is 5.87. The zero-order valence-electron chi connectivity index (χ0n) is 12.8. The molecule has 24 heavy (non-hydrogen) atoms. The van der Waals surface area contributed by atoms with Crippen LogP contribution in [0.15, 0.2) is 48.5 Å². The van der Waals surface area contributed by atoms with Crippen molar-refractivity contribution < 1.29 is 24.3 Å². The molecule has 0 aliphatic rings. The molecule has 3 N–H and O–H groups in total. The maximum atomic E-state index is 13.0. The molecule has 2 aromatic rings. The van der Waals surface area contributed by atoms with Crippen LogP contribution in [0.2, 0.25) is 0 Å². The molecule has 0 atom stereocenters. The van der Waals surface area contributed by atoms with Crippen molar-refractivity contribution in [1.29, 1.82) is 0 Å². The lowest BCUT2D eigenvalue weighted by molar-refractivity contribution is -0.130. The Bertz CT molecular complexity index is 719. The molecule has 0 spiro atoms. The van der Waals surface area contributed by atoms with Crippen molar-refractivity contribution in [2.75, 3.05) is 6.54 Å². The van der Waals surface area contributed by atoms with Crippen LogP contribution in [0.5, 0.6) is 0 Å². The van der Waals surface area contributed by atoms with E-state index >= 15 is 0 Å². The molecule has 0 radical (unpaired) electrons. The quantitative estimate of drug-likeness (QED) is 0.533. The van der Waals surface area contributed by atoms with Gasteiger partial charge in [0.15, 0.2) is 0 Å². The lowest BCUT2D eigenvalue weighted by Gasteiger charge is -2.21. The Kier molecular flexibility index (Phi) is 6.00. The van der Waals surface area contributed by atoms with Crippen LogP contribution in [0.25, 0.3) is 0 Å². The van der Waals surface area contributed by atoms with Gasteiger partial charge in [-0.1, -0.05) is 24.3 Å². The summed E-state index contributed by atoms with van der Waals surface area (Å²) in [4.78, 5) is 24.2. The molecular formula is C17H17FN2O4. The van der Waals surface area contributed by atoms with E-state index in [2.05, 4.69) is 0 Å². The summed E-state index contributed by atoms with van der Waals surface area (Å²) in [5.74, 6) is -1.98. The van der Waals surface area contributed by atoms with Crippen LogP contribution in [0.4, 0.5) is 4.39 Å². The Morgan fingerprint density at radius 1 is 1.04 bits per heavy atom. The molecule has 2 aromatic carbocycles. The summed E-state index contributed by atoms with van der Waals surface area (Å²) in [5.41, 5.74) is 3.22. The molecule has 6 nitrogen and oxygen atoms in total. The van der Waals surface area contributed by atoms with E-state index in [-0.39, 0.29) is 17.9 Å². The number of hydroxylamine groups is 1. The van der Waals surface area contributed by atoms with E-state index in [1.165, 1.54) is 24.3 Å². The maximum absolute atomic E-state index is 13.0. The average molecular weight is 332 g/mol. The monoisotopic (exact) mass is 332 g/mol. The van der Waals surface area contributed by atoms with Gasteiger partial charge in [0.1, 0.15) is 5.82 Å². The van der Waals surface area contributed by atoms with Crippen molar-refractivity contribution in [2.24, 2.45) is 0 Å². The highest BCUT2D eigenvalue weighted by Crippen LogP contribution is 2.12. The molecule has 0 saturated carbocycles. The van der Waals surface area contributed by atoms with Crippen LogP contribution in [-0.4, -0.2) is 33.6 Å². The van der Waals surface area contributed by atoms with Crippen molar-refractivity contribution in [2.45, 2.75) is 13.1 Å². The molecule has 0 unspecified atom stereocenters. The number of carbonyl (C=O) groups is 2. The summed E-state index contributed by atoms with van der Waals surface area (Å²) >= 11 is 0. The number of carboxylic acids is 1. The number of nitrogens with one attached hydrogen (secondary N) is 1. The molecule has 0 saturated heterocycles. The van der Waals surface area contributed by atoms with Gasteiger partial charge >= 0.3 is 5.97 Å². The minimum atomic E-state index is -1.03. The summed E-state index contributed by atoms with van der Waals surface area (Å²) in [6.45, 7) is 0.544. The Morgan fingerprint density at radius 2 is 1.71 bits per heavy atom. The van der Waals surface area contributed by atoms with Gasteiger partial charge in [0.2, 0.25) is 0 Å². The van der Waals surface area contributed by atoms with Gasteiger partial charge in [0, 0.05) is 13.1 Å². The van der Waals surface area contributed by atoms with Crippen molar-refractivity contribution in [3.8, 4) is 0 Å². The average Bonchev–Trinajstić information content (AvgIpc) is 2.57. The molecule has 0 aliphatic heterocycles. The Hall–Kier alpha value is -2.77. The van der Waals surface area contributed by atoms with Crippen LogP contribution < -0.4 is 5.48 Å². The lowest BCUT2D eigenvalue weighted by Crippen LogP contribution is -2.35. The lowest BCUT2D eigenvalue weighted by atomic mass is 10.1. The Labute approximate surface area is 138 Å². The van der Waals surface area contributed by atoms with Crippen molar-refractivity contribution >= 4 is 11.9 Å². The molecule has 0 aliphatic carbocycles. The highest BCUT2D eigenvalue weighted by atomic mass is 19.1. The molecule has 0 aromatic heterocycles. The number of nitrogens with zero attached hydrogens (tertiary/aromatic N) is 1. The van der Waals surface area contributed by atoms with E-state index < -0.39 is 11.9 Å². The first-order valence-electron chi connectivity index (χ1n) is 7.20. The fraction of sp³-hybridized carbons (Fsp3) is 0.176. The van der Waals surface area contributed by atoms with Crippen LogP contribution in [0, 0.1) is 5.82 Å². The Balaban J connectivity index is 2.16. The van der Waals surface area contributed by atoms with Crippen LogP contribution in [-0.2, 0) is 17.9 Å². The van der Waals surface area contributed by atoms with Crippen LogP contribution >= 0.6 is 0 Å². The first-order chi connectivity index (χ1) is 11.5. The minimum Gasteiger partial charge on any atom is -0.478 e. The molecule has 0 heterocycles. The zero-order valence-corrected chi connectivity index (χ0v) is 12.8. The predicted octanol–water partition coefficient (Wildman–Crippen LogP) is 2.03. The number of hydrogen-bond donors (Lipinski definition) is 3. The van der Waals surface area contributed by atoms with Crippen molar-refractivity contribution in [3.05, 3.63) is 71.0 Å². The van der Waals surface area contributed by atoms with E-state index in [4.69, 9.17) is 10.3 Å². The van der Waals surface area contributed by atoms with Crippen LogP contribution in [0.1, 0.15) is 21.5 Å². The number of halogens is 1. The summed E-state index contributed by atoms with van der Waals surface area (Å²) in [6.07, 6.45) is 0. The molecule has 0 fully saturated rings. The summed E-state index contributed by atoms with van der Waals surface area (Å²) < 4.78 is 13.0. The van der Waals surface area contributed by atoms with E-state index in [0.29, 0.717) is 18.7 Å². The second-order valence-electron chi connectivity index (χ2n) is 5.31. The number of carbonyl (C=O) groups excluding carboxylic acids is 1. The number of amides is 1. The smallest absolute Gasteiger partial charge is 0.335 e. The van der Waals surface area contributed by atoms with Gasteiger partial charge in [0.25, 0.3) is 5.91 Å². The third-order valence-electron chi connectivity index (χ3n) is 3.39. The van der Waals surface area contributed by atoms with Gasteiger partial charge in [-0.2, -0.15) is 0 Å². The fourth-order valence-electron chi connectivity index (χ4n) is 2.32. The fourth-order valence-corrected chi connectivity index (χ4v) is 2.32. The number of carboxylic acid groups (broad SMARTS) is 1. The molecule has 1 amide bonds. The Morgan fingerprint density at radius 3 is 2.33 bits per heavy atom. The summed E-state index contributed by atoms with van der Waals surface area (Å²) in [7, 11) is 0. The van der Waals surface area contributed by atoms with E-state index in [0.717, 1.165) is 5.56 Å². The third-order valence-corrected chi connectivity index (χ3v) is 3.39. The van der Waals surface area contributed by atoms with Gasteiger partial charge in [-0.3, -0.25) is 14.9 Å². The first kappa shape index (κ1) is 17.6. The van der Waals surface area contributed by atoms with Crippen LogP contribution in [0.3, 0.4) is 0 Å². The van der Waals surface area contributed by atoms with Gasteiger partial charge in [-0.25, -0.2) is 14.7 Å². The number of benzene rings is 2. The maximum Gasteiger partial charge on any atom is 0.335 e. The van der Waals surface area contributed by atoms with Gasteiger partial charge < -0.3 is 5.11 Å². The normalized spacial score (nSPS) is 10.6. The minimum absolute atomic E-state index is 0.0921. The largest absolute Gasteiger partial charge is 0.478 e. The van der Waals surface area contributed by atoms with E-state index in [1.807, 2.05) is 0 Å². The molecule has 126 valence electrons. The molecule has 0 bridgehead atoms.